The Bertz CT molecular complexity index is 439. The van der Waals surface area contributed by atoms with Crippen molar-refractivity contribution in [3.63, 3.8) is 0 Å². The minimum Gasteiger partial charge on any atom is -0.332 e. The van der Waals surface area contributed by atoms with Crippen molar-refractivity contribution in [2.24, 2.45) is 0 Å². The normalized spacial score (nSPS) is 9.82. The fourth-order valence-electron chi connectivity index (χ4n) is 1.16. The van der Waals surface area contributed by atoms with Crippen molar-refractivity contribution in [2.75, 3.05) is 5.32 Å². The number of thiocarbonyl (C=S) groups is 1. The number of benzene rings is 1. The lowest BCUT2D eigenvalue weighted by atomic mass is 10.3. The molecule has 0 saturated heterocycles. The van der Waals surface area contributed by atoms with E-state index >= 15 is 0 Å². The van der Waals surface area contributed by atoms with Gasteiger partial charge in [0.25, 0.3) is 0 Å². The van der Waals surface area contributed by atoms with Crippen LogP contribution in [0.15, 0.2) is 22.7 Å². The molecule has 0 radical (unpaired) electrons. The Morgan fingerprint density at radius 2 is 2.24 bits per heavy atom. The Morgan fingerprint density at radius 1 is 1.53 bits per heavy atom. The third-order valence-electron chi connectivity index (χ3n) is 1.91. The van der Waals surface area contributed by atoms with Crippen LogP contribution in [0.5, 0.6) is 0 Å². The van der Waals surface area contributed by atoms with Gasteiger partial charge in [-0.1, -0.05) is 22.9 Å². The van der Waals surface area contributed by atoms with E-state index in [9.17, 15) is 4.79 Å². The molecule has 1 aromatic carbocycles. The van der Waals surface area contributed by atoms with Gasteiger partial charge in [0.15, 0.2) is 5.11 Å². The first-order chi connectivity index (χ1) is 8.02. The fourth-order valence-corrected chi connectivity index (χ4v) is 2.82. The van der Waals surface area contributed by atoms with Crippen LogP contribution in [0.25, 0.3) is 0 Å². The topological polar surface area (TPSA) is 41.1 Å². The van der Waals surface area contributed by atoms with Crippen LogP contribution < -0.4 is 10.6 Å². The lowest BCUT2D eigenvalue weighted by Gasteiger charge is -2.10. The molecule has 3 nitrogen and oxygen atoms in total. The molecule has 0 fully saturated rings. The third kappa shape index (κ3) is 5.31. The minimum atomic E-state index is -0.0582. The van der Waals surface area contributed by atoms with Gasteiger partial charge in [-0.15, -0.1) is 0 Å². The van der Waals surface area contributed by atoms with Crippen LogP contribution in [-0.4, -0.2) is 11.0 Å². The second kappa shape index (κ2) is 7.27. The van der Waals surface area contributed by atoms with Crippen molar-refractivity contribution in [3.05, 3.63) is 26.2 Å². The van der Waals surface area contributed by atoms with Gasteiger partial charge >= 0.3 is 0 Å². The van der Waals surface area contributed by atoms with Crippen LogP contribution in [0, 0.1) is 3.57 Å². The van der Waals surface area contributed by atoms with Crippen LogP contribution in [0.1, 0.15) is 19.8 Å². The average Bonchev–Trinajstić information content (AvgIpc) is 2.22. The largest absolute Gasteiger partial charge is 0.332 e. The number of amides is 1. The van der Waals surface area contributed by atoms with E-state index in [4.69, 9.17) is 12.2 Å². The monoisotopic (exact) mass is 426 g/mol. The molecule has 1 aromatic rings. The van der Waals surface area contributed by atoms with E-state index in [1.54, 1.807) is 0 Å². The summed E-state index contributed by atoms with van der Waals surface area (Å²) in [6, 6.07) is 5.80. The van der Waals surface area contributed by atoms with Gasteiger partial charge in [0, 0.05) is 14.5 Å². The maximum absolute atomic E-state index is 11.3. The van der Waals surface area contributed by atoms with Crippen LogP contribution in [0.2, 0.25) is 0 Å². The maximum atomic E-state index is 11.3. The highest BCUT2D eigenvalue weighted by Gasteiger charge is 2.05. The Labute approximate surface area is 128 Å². The highest BCUT2D eigenvalue weighted by Crippen LogP contribution is 2.22. The smallest absolute Gasteiger partial charge is 0.226 e. The zero-order valence-corrected chi connectivity index (χ0v) is 13.8. The highest BCUT2D eigenvalue weighted by molar-refractivity contribution is 14.1. The molecule has 0 bridgehead atoms. The lowest BCUT2D eigenvalue weighted by molar-refractivity contribution is -0.119. The summed E-state index contributed by atoms with van der Waals surface area (Å²) in [6.45, 7) is 1.95. The van der Waals surface area contributed by atoms with Crippen molar-refractivity contribution in [2.45, 2.75) is 19.8 Å². The molecule has 92 valence electrons. The number of carbonyl (C=O) groups excluding carboxylic acids is 1. The number of hydrogen-bond donors (Lipinski definition) is 2. The maximum Gasteiger partial charge on any atom is 0.226 e. The van der Waals surface area contributed by atoms with Gasteiger partial charge < -0.3 is 10.6 Å². The molecule has 17 heavy (non-hydrogen) atoms. The number of halogens is 2. The standard InChI is InChI=1S/C11H12BrIN2OS/c1-2-3-10(16)15-11(17)14-9-5-4-7(12)6-8(9)13/h4-6H,2-3H2,1H3,(H2,14,15,16,17). The van der Waals surface area contributed by atoms with Crippen LogP contribution in [0.4, 0.5) is 5.69 Å². The fraction of sp³-hybridized carbons (Fsp3) is 0.273. The first-order valence-electron chi connectivity index (χ1n) is 5.08. The molecule has 0 saturated carbocycles. The summed E-state index contributed by atoms with van der Waals surface area (Å²) in [5, 5.41) is 5.97. The number of carbonyl (C=O) groups is 1. The van der Waals surface area contributed by atoms with E-state index in [-0.39, 0.29) is 5.91 Å². The zero-order valence-electron chi connectivity index (χ0n) is 9.22. The molecule has 6 heteroatoms. The van der Waals surface area contributed by atoms with E-state index in [1.165, 1.54) is 0 Å². The van der Waals surface area contributed by atoms with E-state index in [0.717, 1.165) is 20.2 Å². The molecule has 0 spiro atoms. The van der Waals surface area contributed by atoms with Crippen molar-refractivity contribution < 1.29 is 4.79 Å². The van der Waals surface area contributed by atoms with Gasteiger partial charge in [-0.25, -0.2) is 0 Å². The predicted octanol–water partition coefficient (Wildman–Crippen LogP) is 3.67. The molecule has 1 amide bonds. The van der Waals surface area contributed by atoms with E-state index in [1.807, 2.05) is 25.1 Å². The SMILES string of the molecule is CCCC(=O)NC(=S)Nc1ccc(Br)cc1I. The summed E-state index contributed by atoms with van der Waals surface area (Å²) in [7, 11) is 0. The van der Waals surface area contributed by atoms with Crippen molar-refractivity contribution >= 4 is 67.4 Å². The van der Waals surface area contributed by atoms with Gasteiger partial charge in [0.2, 0.25) is 5.91 Å². The Balaban J connectivity index is 2.59. The second-order valence-corrected chi connectivity index (χ2v) is 5.86. The van der Waals surface area contributed by atoms with E-state index < -0.39 is 0 Å². The number of rotatable bonds is 3. The van der Waals surface area contributed by atoms with Gasteiger partial charge in [-0.05, 0) is 59.4 Å². The molecular weight excluding hydrogens is 415 g/mol. The van der Waals surface area contributed by atoms with Crippen molar-refractivity contribution in [1.29, 1.82) is 0 Å². The second-order valence-electron chi connectivity index (χ2n) is 3.38. The van der Waals surface area contributed by atoms with Crippen LogP contribution in [0.3, 0.4) is 0 Å². The van der Waals surface area contributed by atoms with Crippen LogP contribution >= 0.6 is 50.7 Å². The molecule has 0 unspecified atom stereocenters. The molecular formula is C11H12BrIN2OS. The first kappa shape index (κ1) is 14.8. The van der Waals surface area contributed by atoms with E-state index in [0.29, 0.717) is 11.5 Å². The molecule has 1 rings (SSSR count). The predicted molar refractivity (Wildman–Crippen MR) is 86.1 cm³/mol. The van der Waals surface area contributed by atoms with Crippen molar-refractivity contribution in [1.82, 2.24) is 5.32 Å². The van der Waals surface area contributed by atoms with Gasteiger partial charge in [-0.2, -0.15) is 0 Å². The highest BCUT2D eigenvalue weighted by atomic mass is 127. The summed E-state index contributed by atoms with van der Waals surface area (Å²) in [6.07, 6.45) is 1.30. The molecule has 0 aliphatic carbocycles. The first-order valence-corrected chi connectivity index (χ1v) is 7.36. The van der Waals surface area contributed by atoms with Crippen LogP contribution in [-0.2, 0) is 4.79 Å². The quantitative estimate of drug-likeness (QED) is 0.572. The van der Waals surface area contributed by atoms with E-state index in [2.05, 4.69) is 49.2 Å². The summed E-state index contributed by atoms with van der Waals surface area (Å²) < 4.78 is 2.04. The molecule has 0 aliphatic rings. The third-order valence-corrected chi connectivity index (χ3v) is 3.50. The molecule has 2 N–H and O–H groups in total. The minimum absolute atomic E-state index is 0.0582. The number of hydrogen-bond acceptors (Lipinski definition) is 2. The average molecular weight is 427 g/mol. The number of nitrogens with one attached hydrogen (secondary N) is 2. The molecule has 0 atom stereocenters. The van der Waals surface area contributed by atoms with Gasteiger partial charge in [-0.3, -0.25) is 4.79 Å². The zero-order chi connectivity index (χ0) is 12.8. The molecule has 0 aromatic heterocycles. The summed E-state index contributed by atoms with van der Waals surface area (Å²) >= 11 is 10.7. The van der Waals surface area contributed by atoms with Gasteiger partial charge in [0.1, 0.15) is 0 Å². The summed E-state index contributed by atoms with van der Waals surface area (Å²) in [5.74, 6) is -0.0582. The molecule has 0 aliphatic heterocycles. The van der Waals surface area contributed by atoms with Gasteiger partial charge in [0.05, 0.1) is 5.69 Å². The number of anilines is 1. The Morgan fingerprint density at radius 3 is 2.82 bits per heavy atom. The summed E-state index contributed by atoms with van der Waals surface area (Å²) in [5.41, 5.74) is 0.885. The Kier molecular flexibility index (Phi) is 6.35. The van der Waals surface area contributed by atoms with Crippen molar-refractivity contribution in [3.8, 4) is 0 Å². The summed E-state index contributed by atoms with van der Waals surface area (Å²) in [4.78, 5) is 11.3. The Hall–Kier alpha value is -0.210. The molecule has 0 heterocycles. The lowest BCUT2D eigenvalue weighted by Crippen LogP contribution is -2.34.